The summed E-state index contributed by atoms with van der Waals surface area (Å²) < 4.78 is 39.5. The van der Waals surface area contributed by atoms with Crippen LogP contribution in [-0.4, -0.2) is 15.9 Å². The van der Waals surface area contributed by atoms with Crippen LogP contribution in [0.25, 0.3) is 22.1 Å². The van der Waals surface area contributed by atoms with Crippen LogP contribution in [0.4, 0.5) is 18.9 Å². The Balaban J connectivity index is 1.79. The third kappa shape index (κ3) is 3.19. The lowest BCUT2D eigenvalue weighted by Crippen LogP contribution is -2.17. The first-order valence-electron chi connectivity index (χ1n) is 8.06. The number of carbonyl (C=O) groups excluding carboxylic acids is 1. The standard InChI is InChI=1S/C20H12F3N3O/c21-20(22,23)13-7-1-2-8-14(13)26-19(27)12-6-5-11-17-18(12)25-16-10-4-3-9-15(16)24-17/h1-11H,(H,26,27). The molecule has 0 radical (unpaired) electrons. The van der Waals surface area contributed by atoms with Crippen molar-refractivity contribution in [3.8, 4) is 0 Å². The zero-order valence-corrected chi connectivity index (χ0v) is 13.8. The van der Waals surface area contributed by atoms with Crippen LogP contribution < -0.4 is 5.32 Å². The first kappa shape index (κ1) is 17.0. The highest BCUT2D eigenvalue weighted by molar-refractivity contribution is 6.12. The molecule has 0 saturated heterocycles. The van der Waals surface area contributed by atoms with Gasteiger partial charge >= 0.3 is 6.18 Å². The smallest absolute Gasteiger partial charge is 0.321 e. The SMILES string of the molecule is O=C(Nc1ccccc1C(F)(F)F)c1cccc2nc3ccccc3nc12. The van der Waals surface area contributed by atoms with Crippen LogP contribution in [0.3, 0.4) is 0 Å². The Morgan fingerprint density at radius 3 is 2.15 bits per heavy atom. The Labute approximate surface area is 151 Å². The van der Waals surface area contributed by atoms with E-state index in [9.17, 15) is 18.0 Å². The number of para-hydroxylation sites is 4. The van der Waals surface area contributed by atoms with Gasteiger partial charge in [-0.3, -0.25) is 4.79 Å². The molecule has 0 unspecified atom stereocenters. The molecule has 0 atom stereocenters. The van der Waals surface area contributed by atoms with Gasteiger partial charge in [-0.15, -0.1) is 0 Å². The molecule has 0 aliphatic rings. The number of nitrogens with zero attached hydrogens (tertiary/aromatic N) is 2. The highest BCUT2D eigenvalue weighted by Crippen LogP contribution is 2.35. The summed E-state index contributed by atoms with van der Waals surface area (Å²) in [6.07, 6.45) is -4.57. The van der Waals surface area contributed by atoms with E-state index in [1.807, 2.05) is 6.07 Å². The number of fused-ring (bicyclic) bond motifs is 2. The van der Waals surface area contributed by atoms with Crippen molar-refractivity contribution < 1.29 is 18.0 Å². The number of carbonyl (C=O) groups is 1. The van der Waals surface area contributed by atoms with Gasteiger partial charge in [0.05, 0.1) is 33.4 Å². The number of hydrogen-bond donors (Lipinski definition) is 1. The van der Waals surface area contributed by atoms with Gasteiger partial charge in [-0.2, -0.15) is 13.2 Å². The van der Waals surface area contributed by atoms with E-state index in [-0.39, 0.29) is 11.3 Å². The normalized spacial score (nSPS) is 11.7. The molecule has 4 rings (SSSR count). The third-order valence-corrected chi connectivity index (χ3v) is 4.09. The highest BCUT2D eigenvalue weighted by atomic mass is 19.4. The molecule has 27 heavy (non-hydrogen) atoms. The summed E-state index contributed by atoms with van der Waals surface area (Å²) in [6, 6.07) is 16.9. The van der Waals surface area contributed by atoms with Crippen molar-refractivity contribution in [1.29, 1.82) is 0 Å². The summed E-state index contributed by atoms with van der Waals surface area (Å²) in [4.78, 5) is 21.6. The lowest BCUT2D eigenvalue weighted by Gasteiger charge is -2.14. The second-order valence-electron chi connectivity index (χ2n) is 5.88. The first-order valence-corrected chi connectivity index (χ1v) is 8.06. The van der Waals surface area contributed by atoms with Crippen LogP contribution in [0.5, 0.6) is 0 Å². The molecule has 0 saturated carbocycles. The third-order valence-electron chi connectivity index (χ3n) is 4.09. The number of anilines is 1. The number of aromatic nitrogens is 2. The number of hydrogen-bond acceptors (Lipinski definition) is 3. The molecule has 134 valence electrons. The van der Waals surface area contributed by atoms with E-state index in [1.54, 1.807) is 30.3 Å². The molecule has 0 spiro atoms. The fourth-order valence-electron chi connectivity index (χ4n) is 2.85. The zero-order chi connectivity index (χ0) is 19.0. The molecule has 0 bridgehead atoms. The lowest BCUT2D eigenvalue weighted by molar-refractivity contribution is -0.136. The van der Waals surface area contributed by atoms with Gasteiger partial charge in [-0.05, 0) is 36.4 Å². The second-order valence-corrected chi connectivity index (χ2v) is 5.88. The molecule has 4 nitrogen and oxygen atoms in total. The molecule has 1 amide bonds. The number of alkyl halides is 3. The molecule has 4 aromatic rings. The maximum Gasteiger partial charge on any atom is 0.418 e. The van der Waals surface area contributed by atoms with E-state index in [2.05, 4.69) is 15.3 Å². The molecule has 3 aromatic carbocycles. The molecule has 1 aromatic heterocycles. The summed E-state index contributed by atoms with van der Waals surface area (Å²) in [5, 5.41) is 2.35. The van der Waals surface area contributed by atoms with Crippen LogP contribution in [-0.2, 0) is 6.18 Å². The summed E-state index contributed by atoms with van der Waals surface area (Å²) >= 11 is 0. The highest BCUT2D eigenvalue weighted by Gasteiger charge is 2.33. The van der Waals surface area contributed by atoms with Gasteiger partial charge in [0.2, 0.25) is 0 Å². The maximum atomic E-state index is 13.2. The van der Waals surface area contributed by atoms with E-state index >= 15 is 0 Å². The fraction of sp³-hybridized carbons (Fsp3) is 0.0500. The summed E-state index contributed by atoms with van der Waals surface area (Å²) in [5.74, 6) is -0.679. The monoisotopic (exact) mass is 367 g/mol. The second kappa shape index (κ2) is 6.35. The van der Waals surface area contributed by atoms with Gasteiger partial charge in [-0.25, -0.2) is 9.97 Å². The number of amides is 1. The Morgan fingerprint density at radius 1 is 0.778 bits per heavy atom. The summed E-state index contributed by atoms with van der Waals surface area (Å²) in [6.45, 7) is 0. The molecular weight excluding hydrogens is 355 g/mol. The molecule has 7 heteroatoms. The largest absolute Gasteiger partial charge is 0.418 e. The average Bonchev–Trinajstić information content (AvgIpc) is 2.65. The number of benzene rings is 3. The van der Waals surface area contributed by atoms with Crippen molar-refractivity contribution in [2.24, 2.45) is 0 Å². The van der Waals surface area contributed by atoms with Gasteiger partial charge < -0.3 is 5.32 Å². The minimum absolute atomic E-state index is 0.155. The predicted octanol–water partition coefficient (Wildman–Crippen LogP) is 5.05. The van der Waals surface area contributed by atoms with Crippen LogP contribution in [0.1, 0.15) is 15.9 Å². The van der Waals surface area contributed by atoms with E-state index in [0.717, 1.165) is 6.07 Å². The average molecular weight is 367 g/mol. The van der Waals surface area contributed by atoms with Crippen molar-refractivity contribution in [2.75, 3.05) is 5.32 Å². The number of halogens is 3. The Bertz CT molecular complexity index is 1170. The summed E-state index contributed by atoms with van der Waals surface area (Å²) in [5.41, 5.74) is 1.04. The predicted molar refractivity (Wildman–Crippen MR) is 96.4 cm³/mol. The van der Waals surface area contributed by atoms with Crippen LogP contribution in [0, 0.1) is 0 Å². The number of nitrogens with one attached hydrogen (secondary N) is 1. The van der Waals surface area contributed by atoms with Crippen LogP contribution >= 0.6 is 0 Å². The molecule has 0 fully saturated rings. The van der Waals surface area contributed by atoms with Crippen molar-refractivity contribution in [1.82, 2.24) is 9.97 Å². The quantitative estimate of drug-likeness (QED) is 0.504. The van der Waals surface area contributed by atoms with E-state index in [4.69, 9.17) is 0 Å². The molecule has 1 heterocycles. The number of rotatable bonds is 2. The van der Waals surface area contributed by atoms with Gasteiger partial charge in [0.15, 0.2) is 0 Å². The lowest BCUT2D eigenvalue weighted by atomic mass is 10.1. The van der Waals surface area contributed by atoms with Crippen molar-refractivity contribution in [2.45, 2.75) is 6.18 Å². The van der Waals surface area contributed by atoms with Crippen molar-refractivity contribution >= 4 is 33.7 Å². The maximum absolute atomic E-state index is 13.2. The Kier molecular flexibility index (Phi) is 3.99. The molecule has 1 N–H and O–H groups in total. The van der Waals surface area contributed by atoms with Gasteiger partial charge in [0.1, 0.15) is 5.52 Å². The van der Waals surface area contributed by atoms with Crippen molar-refractivity contribution in [3.63, 3.8) is 0 Å². The van der Waals surface area contributed by atoms with E-state index in [0.29, 0.717) is 22.1 Å². The van der Waals surface area contributed by atoms with Crippen LogP contribution in [0.15, 0.2) is 66.7 Å². The van der Waals surface area contributed by atoms with E-state index in [1.165, 1.54) is 24.3 Å². The van der Waals surface area contributed by atoms with Gasteiger partial charge in [-0.1, -0.05) is 30.3 Å². The van der Waals surface area contributed by atoms with Gasteiger partial charge in [0, 0.05) is 0 Å². The summed E-state index contributed by atoms with van der Waals surface area (Å²) in [7, 11) is 0. The Morgan fingerprint density at radius 2 is 1.41 bits per heavy atom. The topological polar surface area (TPSA) is 54.9 Å². The minimum Gasteiger partial charge on any atom is -0.321 e. The van der Waals surface area contributed by atoms with Crippen LogP contribution in [0.2, 0.25) is 0 Å². The van der Waals surface area contributed by atoms with Gasteiger partial charge in [0.25, 0.3) is 5.91 Å². The molecular formula is C20H12F3N3O. The molecule has 0 aliphatic carbocycles. The zero-order valence-electron chi connectivity index (χ0n) is 13.8. The molecule has 0 aliphatic heterocycles. The van der Waals surface area contributed by atoms with Crippen molar-refractivity contribution in [3.05, 3.63) is 77.9 Å². The Hall–Kier alpha value is -3.48. The minimum atomic E-state index is -4.57. The fourth-order valence-corrected chi connectivity index (χ4v) is 2.85. The van der Waals surface area contributed by atoms with E-state index < -0.39 is 17.6 Å². The first-order chi connectivity index (χ1) is 12.9.